The van der Waals surface area contributed by atoms with Crippen molar-refractivity contribution in [1.82, 2.24) is 13.9 Å². The molecule has 104 valence electrons. The molecule has 0 aliphatic carbocycles. The molecule has 1 saturated heterocycles. The van der Waals surface area contributed by atoms with Crippen molar-refractivity contribution in [2.75, 3.05) is 20.1 Å². The molecule has 1 fully saturated rings. The average Bonchev–Trinajstić information content (AvgIpc) is 2.20. The van der Waals surface area contributed by atoms with Gasteiger partial charge in [0, 0.05) is 38.3 Å². The van der Waals surface area contributed by atoms with Crippen molar-refractivity contribution in [3.05, 3.63) is 0 Å². The van der Waals surface area contributed by atoms with Gasteiger partial charge < -0.3 is 5.32 Å². The first kappa shape index (κ1) is 17.1. The van der Waals surface area contributed by atoms with Crippen molar-refractivity contribution in [3.8, 4) is 0 Å². The highest BCUT2D eigenvalue weighted by atomic mass is 35.5. The molecule has 1 heterocycles. The van der Waals surface area contributed by atoms with E-state index in [4.69, 9.17) is 0 Å². The largest absolute Gasteiger partial charge is 0.311 e. The van der Waals surface area contributed by atoms with Crippen LogP contribution in [0, 0.1) is 0 Å². The molecule has 2 atom stereocenters. The van der Waals surface area contributed by atoms with E-state index in [1.165, 1.54) is 4.31 Å². The van der Waals surface area contributed by atoms with Crippen LogP contribution in [0.5, 0.6) is 0 Å². The van der Waals surface area contributed by atoms with E-state index in [2.05, 4.69) is 5.32 Å². The van der Waals surface area contributed by atoms with Crippen LogP contribution >= 0.6 is 12.4 Å². The van der Waals surface area contributed by atoms with E-state index in [0.717, 1.165) is 6.54 Å². The predicted molar refractivity (Wildman–Crippen MR) is 72.7 cm³/mol. The molecule has 0 aromatic carbocycles. The second-order valence-corrected chi connectivity index (χ2v) is 6.65. The molecule has 0 radical (unpaired) electrons. The Morgan fingerprint density at radius 2 is 1.88 bits per heavy atom. The summed E-state index contributed by atoms with van der Waals surface area (Å²) >= 11 is 0. The van der Waals surface area contributed by atoms with Crippen LogP contribution in [0.4, 0.5) is 0 Å². The third kappa shape index (κ3) is 3.54. The van der Waals surface area contributed by atoms with Crippen LogP contribution in [0.15, 0.2) is 0 Å². The van der Waals surface area contributed by atoms with Crippen LogP contribution in [0.3, 0.4) is 0 Å². The van der Waals surface area contributed by atoms with Crippen LogP contribution in [-0.2, 0) is 10.2 Å². The molecule has 1 aliphatic rings. The maximum atomic E-state index is 12.3. The predicted octanol–water partition coefficient (Wildman–Crippen LogP) is 0.675. The van der Waals surface area contributed by atoms with Gasteiger partial charge in [-0.3, -0.25) is 0 Å². The van der Waals surface area contributed by atoms with Gasteiger partial charge in [0.1, 0.15) is 0 Å². The summed E-state index contributed by atoms with van der Waals surface area (Å²) in [6.45, 7) is 8.99. The molecule has 0 aromatic rings. The maximum Gasteiger partial charge on any atom is 0.282 e. The zero-order valence-corrected chi connectivity index (χ0v) is 12.8. The van der Waals surface area contributed by atoms with Crippen molar-refractivity contribution in [2.45, 2.75) is 45.8 Å². The van der Waals surface area contributed by atoms with Crippen molar-refractivity contribution in [2.24, 2.45) is 0 Å². The first-order valence-corrected chi connectivity index (χ1v) is 7.16. The summed E-state index contributed by atoms with van der Waals surface area (Å²) in [6.07, 6.45) is 0. The van der Waals surface area contributed by atoms with Gasteiger partial charge in [-0.25, -0.2) is 0 Å². The summed E-state index contributed by atoms with van der Waals surface area (Å²) in [7, 11) is -1.68. The van der Waals surface area contributed by atoms with E-state index < -0.39 is 10.2 Å². The van der Waals surface area contributed by atoms with Gasteiger partial charge in [-0.15, -0.1) is 12.4 Å². The number of rotatable bonds is 3. The summed E-state index contributed by atoms with van der Waals surface area (Å²) in [5.74, 6) is 0. The Morgan fingerprint density at radius 1 is 1.35 bits per heavy atom. The normalized spacial score (nSPS) is 27.2. The lowest BCUT2D eigenvalue weighted by Gasteiger charge is -2.40. The van der Waals surface area contributed by atoms with E-state index in [1.807, 2.05) is 27.7 Å². The minimum atomic E-state index is -3.32. The Balaban J connectivity index is 0.00000256. The molecule has 5 nitrogen and oxygen atoms in total. The van der Waals surface area contributed by atoms with Crippen LogP contribution < -0.4 is 5.32 Å². The highest BCUT2D eigenvalue weighted by Gasteiger charge is 2.36. The van der Waals surface area contributed by atoms with Gasteiger partial charge in [0.05, 0.1) is 0 Å². The van der Waals surface area contributed by atoms with E-state index in [0.29, 0.717) is 6.54 Å². The molecule has 2 unspecified atom stereocenters. The Kier molecular flexibility index (Phi) is 6.38. The summed E-state index contributed by atoms with van der Waals surface area (Å²) in [5.41, 5.74) is 0. The van der Waals surface area contributed by atoms with Crippen LogP contribution in [0.2, 0.25) is 0 Å². The monoisotopic (exact) mass is 285 g/mol. The molecule has 0 amide bonds. The molecule has 0 spiro atoms. The van der Waals surface area contributed by atoms with Crippen LogP contribution in [0.1, 0.15) is 27.7 Å². The highest BCUT2D eigenvalue weighted by molar-refractivity contribution is 7.86. The standard InChI is InChI=1S/C10H23N3O2S.ClH/c1-8(2)12(5)16(14,15)13-7-6-11-9(3)10(13)4;/h8-11H,6-7H2,1-5H3;1H. The Morgan fingerprint density at radius 3 is 2.35 bits per heavy atom. The topological polar surface area (TPSA) is 52.7 Å². The lowest BCUT2D eigenvalue weighted by molar-refractivity contribution is 0.215. The molecule has 7 heteroatoms. The molecule has 1 N–H and O–H groups in total. The van der Waals surface area contributed by atoms with Crippen LogP contribution in [-0.4, -0.2) is 55.3 Å². The summed E-state index contributed by atoms with van der Waals surface area (Å²) in [4.78, 5) is 0. The fourth-order valence-electron chi connectivity index (χ4n) is 1.78. The van der Waals surface area contributed by atoms with Crippen molar-refractivity contribution in [3.63, 3.8) is 0 Å². The molecule has 0 bridgehead atoms. The van der Waals surface area contributed by atoms with Gasteiger partial charge in [0.25, 0.3) is 10.2 Å². The first-order valence-electron chi connectivity index (χ1n) is 5.76. The third-order valence-corrected chi connectivity index (χ3v) is 5.62. The number of nitrogens with one attached hydrogen (secondary N) is 1. The van der Waals surface area contributed by atoms with Gasteiger partial charge in [0.2, 0.25) is 0 Å². The van der Waals surface area contributed by atoms with E-state index in [1.54, 1.807) is 11.4 Å². The fourth-order valence-corrected chi connectivity index (χ4v) is 3.57. The Labute approximate surface area is 111 Å². The van der Waals surface area contributed by atoms with Crippen molar-refractivity contribution < 1.29 is 8.42 Å². The van der Waals surface area contributed by atoms with Gasteiger partial charge in [0.15, 0.2) is 0 Å². The number of hydrogen-bond acceptors (Lipinski definition) is 3. The zero-order chi connectivity index (χ0) is 12.5. The van der Waals surface area contributed by atoms with E-state index in [-0.39, 0.29) is 30.5 Å². The van der Waals surface area contributed by atoms with Gasteiger partial charge in [-0.05, 0) is 27.7 Å². The number of hydrogen-bond donors (Lipinski definition) is 1. The molecule has 17 heavy (non-hydrogen) atoms. The second-order valence-electron chi connectivity index (χ2n) is 4.71. The van der Waals surface area contributed by atoms with Crippen molar-refractivity contribution >= 4 is 22.6 Å². The highest BCUT2D eigenvalue weighted by Crippen LogP contribution is 2.17. The molecular weight excluding hydrogens is 262 g/mol. The molecular formula is C10H24ClN3O2S. The summed E-state index contributed by atoms with van der Waals surface area (Å²) in [5, 5.41) is 3.28. The lowest BCUT2D eigenvalue weighted by atomic mass is 10.1. The summed E-state index contributed by atoms with van der Waals surface area (Å²) < 4.78 is 27.6. The first-order chi connectivity index (χ1) is 7.28. The summed E-state index contributed by atoms with van der Waals surface area (Å²) in [6, 6.07) is 0.187. The van der Waals surface area contributed by atoms with Gasteiger partial charge >= 0.3 is 0 Å². The van der Waals surface area contributed by atoms with E-state index in [9.17, 15) is 8.42 Å². The fraction of sp³-hybridized carbons (Fsp3) is 1.00. The number of nitrogens with zero attached hydrogens (tertiary/aromatic N) is 2. The van der Waals surface area contributed by atoms with Gasteiger partial charge in [-0.1, -0.05) is 0 Å². The second kappa shape index (κ2) is 6.33. The third-order valence-electron chi connectivity index (χ3n) is 3.36. The maximum absolute atomic E-state index is 12.3. The van der Waals surface area contributed by atoms with Gasteiger partial charge in [-0.2, -0.15) is 17.0 Å². The lowest BCUT2D eigenvalue weighted by Crippen LogP contribution is -2.60. The van der Waals surface area contributed by atoms with E-state index >= 15 is 0 Å². The number of piperazine rings is 1. The molecule has 0 aromatic heterocycles. The van der Waals surface area contributed by atoms with Crippen molar-refractivity contribution in [1.29, 1.82) is 0 Å². The Bertz CT molecular complexity index is 334. The molecule has 1 rings (SSSR count). The number of halogens is 1. The minimum Gasteiger partial charge on any atom is -0.311 e. The quantitative estimate of drug-likeness (QED) is 0.829. The Hall–Kier alpha value is 0.120. The molecule has 0 saturated carbocycles. The SMILES string of the molecule is CC1NCCN(S(=O)(=O)N(C)C(C)C)C1C.Cl. The molecule has 1 aliphatic heterocycles. The smallest absolute Gasteiger partial charge is 0.282 e. The average molecular weight is 286 g/mol. The zero-order valence-electron chi connectivity index (χ0n) is 11.2. The van der Waals surface area contributed by atoms with Crippen LogP contribution in [0.25, 0.3) is 0 Å². The minimum absolute atomic E-state index is 0.